The number of aromatic amines is 1. The maximum absolute atomic E-state index is 13.0. The maximum Gasteiger partial charge on any atom is 0.270 e. The van der Waals surface area contributed by atoms with Gasteiger partial charge >= 0.3 is 0 Å². The molecule has 0 saturated heterocycles. The van der Waals surface area contributed by atoms with Crippen LogP contribution in [0.25, 0.3) is 22.3 Å². The molecule has 0 aliphatic heterocycles. The van der Waals surface area contributed by atoms with Gasteiger partial charge in [0.25, 0.3) is 11.6 Å². The number of pyridine rings is 1. The van der Waals surface area contributed by atoms with E-state index in [0.29, 0.717) is 27.9 Å². The van der Waals surface area contributed by atoms with E-state index in [4.69, 9.17) is 4.52 Å². The lowest BCUT2D eigenvalue weighted by Gasteiger charge is -2.18. The molecule has 0 aliphatic rings. The van der Waals surface area contributed by atoms with E-state index in [9.17, 15) is 14.9 Å². The number of nitrogens with zero attached hydrogens (tertiary/aromatic N) is 4. The first-order valence-electron chi connectivity index (χ1n) is 9.24. The number of amides is 1. The van der Waals surface area contributed by atoms with Gasteiger partial charge in [-0.2, -0.15) is 4.98 Å². The van der Waals surface area contributed by atoms with Gasteiger partial charge < -0.3 is 14.8 Å². The predicted octanol–water partition coefficient (Wildman–Crippen LogP) is 3.65. The summed E-state index contributed by atoms with van der Waals surface area (Å²) in [6.45, 7) is 3.83. The molecule has 0 aliphatic carbocycles. The number of H-pyrrole nitrogens is 1. The zero-order chi connectivity index (χ0) is 21.3. The molecule has 30 heavy (non-hydrogen) atoms. The van der Waals surface area contributed by atoms with Crippen LogP contribution in [0.4, 0.5) is 5.69 Å². The van der Waals surface area contributed by atoms with Crippen LogP contribution in [0, 0.1) is 16.0 Å². The van der Waals surface area contributed by atoms with Gasteiger partial charge in [0.1, 0.15) is 6.04 Å². The lowest BCUT2D eigenvalue weighted by atomic mass is 10.0. The zero-order valence-corrected chi connectivity index (χ0v) is 16.2. The highest BCUT2D eigenvalue weighted by atomic mass is 16.6. The minimum absolute atomic E-state index is 0.0457. The van der Waals surface area contributed by atoms with E-state index in [-0.39, 0.29) is 17.5 Å². The van der Waals surface area contributed by atoms with Crippen LogP contribution >= 0.6 is 0 Å². The van der Waals surface area contributed by atoms with Crippen LogP contribution in [-0.2, 0) is 0 Å². The molecular weight excluding hydrogens is 388 g/mol. The van der Waals surface area contributed by atoms with Crippen LogP contribution in [0.15, 0.2) is 53.4 Å². The van der Waals surface area contributed by atoms with Crippen molar-refractivity contribution in [2.45, 2.75) is 19.9 Å². The van der Waals surface area contributed by atoms with Crippen LogP contribution in [0.5, 0.6) is 0 Å². The van der Waals surface area contributed by atoms with Gasteiger partial charge in [0, 0.05) is 47.2 Å². The van der Waals surface area contributed by atoms with Crippen molar-refractivity contribution in [2.24, 2.45) is 5.92 Å². The van der Waals surface area contributed by atoms with Crippen molar-refractivity contribution >= 4 is 22.5 Å². The first-order valence-corrected chi connectivity index (χ1v) is 9.24. The molecule has 0 saturated carbocycles. The third-order valence-corrected chi connectivity index (χ3v) is 4.70. The van der Waals surface area contributed by atoms with Crippen LogP contribution in [0.3, 0.4) is 0 Å². The second kappa shape index (κ2) is 7.74. The average molecular weight is 406 g/mol. The van der Waals surface area contributed by atoms with E-state index < -0.39 is 16.9 Å². The Bertz CT molecular complexity index is 1210. The van der Waals surface area contributed by atoms with Crippen LogP contribution in [-0.4, -0.2) is 30.9 Å². The number of hydrogen-bond donors (Lipinski definition) is 2. The molecule has 1 amide bonds. The van der Waals surface area contributed by atoms with Crippen molar-refractivity contribution in [3.05, 3.63) is 70.5 Å². The van der Waals surface area contributed by atoms with E-state index in [1.807, 2.05) is 19.9 Å². The highest BCUT2D eigenvalue weighted by Crippen LogP contribution is 2.27. The molecule has 4 rings (SSSR count). The third-order valence-electron chi connectivity index (χ3n) is 4.70. The molecule has 10 nitrogen and oxygen atoms in total. The fraction of sp³-hybridized carbons (Fsp3) is 0.200. The Kier molecular flexibility index (Phi) is 4.97. The van der Waals surface area contributed by atoms with Crippen molar-refractivity contribution in [3.63, 3.8) is 0 Å². The number of rotatable bonds is 6. The molecule has 1 atom stereocenters. The van der Waals surface area contributed by atoms with Gasteiger partial charge in [-0.1, -0.05) is 19.0 Å². The van der Waals surface area contributed by atoms with E-state index in [0.717, 1.165) is 0 Å². The molecule has 0 radical (unpaired) electrons. The predicted molar refractivity (Wildman–Crippen MR) is 108 cm³/mol. The van der Waals surface area contributed by atoms with E-state index >= 15 is 0 Å². The molecule has 3 aromatic heterocycles. The van der Waals surface area contributed by atoms with Crippen molar-refractivity contribution in [3.8, 4) is 11.4 Å². The van der Waals surface area contributed by atoms with Crippen molar-refractivity contribution in [1.29, 1.82) is 0 Å². The summed E-state index contributed by atoms with van der Waals surface area (Å²) < 4.78 is 5.40. The summed E-state index contributed by atoms with van der Waals surface area (Å²) in [6.07, 6.45) is 4.79. The highest BCUT2D eigenvalue weighted by molar-refractivity contribution is 6.07. The number of benzene rings is 1. The standard InChI is InChI=1S/C20H18N6O4/c1-11(2)17(20-24-18(25-30-20)12-4-3-7-21-9-12)23-19(27)15-10-22-16-6-5-13(26(28)29)8-14(15)16/h3-11,17,22H,1-2H3,(H,23,27). The third kappa shape index (κ3) is 3.62. The van der Waals surface area contributed by atoms with Crippen LogP contribution in [0.2, 0.25) is 0 Å². The minimum Gasteiger partial charge on any atom is -0.360 e. The Morgan fingerprint density at radius 2 is 2.13 bits per heavy atom. The number of carbonyl (C=O) groups is 1. The number of fused-ring (bicyclic) bond motifs is 1. The van der Waals surface area contributed by atoms with Crippen LogP contribution in [0.1, 0.15) is 36.1 Å². The first-order chi connectivity index (χ1) is 14.4. The van der Waals surface area contributed by atoms with E-state index in [1.54, 1.807) is 24.5 Å². The number of aromatic nitrogens is 4. The second-order valence-corrected chi connectivity index (χ2v) is 7.08. The largest absolute Gasteiger partial charge is 0.360 e. The normalized spacial score (nSPS) is 12.2. The van der Waals surface area contributed by atoms with Gasteiger partial charge in [-0.3, -0.25) is 19.9 Å². The molecule has 4 aromatic rings. The summed E-state index contributed by atoms with van der Waals surface area (Å²) in [5, 5.41) is 18.4. The smallest absolute Gasteiger partial charge is 0.270 e. The monoisotopic (exact) mass is 406 g/mol. The summed E-state index contributed by atoms with van der Waals surface area (Å²) in [4.78, 5) is 35.0. The number of hydrogen-bond acceptors (Lipinski definition) is 7. The van der Waals surface area contributed by atoms with E-state index in [1.165, 1.54) is 18.3 Å². The topological polar surface area (TPSA) is 140 Å². The highest BCUT2D eigenvalue weighted by Gasteiger charge is 2.26. The van der Waals surface area contributed by atoms with Gasteiger partial charge in [0.2, 0.25) is 11.7 Å². The number of nitro benzene ring substituents is 1. The molecule has 0 fully saturated rings. The summed E-state index contributed by atoms with van der Waals surface area (Å²) in [7, 11) is 0. The van der Waals surface area contributed by atoms with Gasteiger partial charge in [0.05, 0.1) is 10.5 Å². The Labute approximate surface area is 170 Å². The molecule has 1 aromatic carbocycles. The average Bonchev–Trinajstić information content (AvgIpc) is 3.39. The zero-order valence-electron chi connectivity index (χ0n) is 16.2. The molecule has 152 valence electrons. The van der Waals surface area contributed by atoms with Crippen molar-refractivity contribution < 1.29 is 14.2 Å². The maximum atomic E-state index is 13.0. The summed E-state index contributed by atoms with van der Waals surface area (Å²) >= 11 is 0. The summed E-state index contributed by atoms with van der Waals surface area (Å²) in [5.41, 5.74) is 1.54. The Morgan fingerprint density at radius 3 is 2.83 bits per heavy atom. The number of nitro groups is 1. The first kappa shape index (κ1) is 19.2. The Balaban J connectivity index is 1.62. The summed E-state index contributed by atoms with van der Waals surface area (Å²) in [6, 6.07) is 7.36. The van der Waals surface area contributed by atoms with Crippen molar-refractivity contribution in [2.75, 3.05) is 0 Å². The fourth-order valence-corrected chi connectivity index (χ4v) is 3.12. The van der Waals surface area contributed by atoms with Crippen molar-refractivity contribution in [1.82, 2.24) is 25.4 Å². The van der Waals surface area contributed by atoms with Gasteiger partial charge in [-0.15, -0.1) is 0 Å². The Morgan fingerprint density at radius 1 is 1.30 bits per heavy atom. The molecular formula is C20H18N6O4. The summed E-state index contributed by atoms with van der Waals surface area (Å²) in [5.74, 6) is 0.195. The van der Waals surface area contributed by atoms with Gasteiger partial charge in [-0.05, 0) is 24.1 Å². The Hall–Kier alpha value is -4.08. The lowest BCUT2D eigenvalue weighted by molar-refractivity contribution is -0.384. The van der Waals surface area contributed by atoms with Gasteiger partial charge in [0.15, 0.2) is 0 Å². The van der Waals surface area contributed by atoms with E-state index in [2.05, 4.69) is 25.4 Å². The minimum atomic E-state index is -0.543. The lowest BCUT2D eigenvalue weighted by Crippen LogP contribution is -2.31. The molecule has 2 N–H and O–H groups in total. The molecule has 3 heterocycles. The molecule has 1 unspecified atom stereocenters. The van der Waals surface area contributed by atoms with Crippen LogP contribution < -0.4 is 5.32 Å². The SMILES string of the molecule is CC(C)C(NC(=O)c1c[nH]c2ccc([N+](=O)[O-])cc12)c1nc(-c2cccnc2)no1. The molecule has 10 heteroatoms. The molecule has 0 bridgehead atoms. The second-order valence-electron chi connectivity index (χ2n) is 7.08. The number of non-ortho nitro benzene ring substituents is 1. The number of nitrogens with one attached hydrogen (secondary N) is 2. The fourth-order valence-electron chi connectivity index (χ4n) is 3.12. The number of carbonyl (C=O) groups excluding carboxylic acids is 1. The quantitative estimate of drug-likeness (QED) is 0.368. The molecule has 0 spiro atoms. The van der Waals surface area contributed by atoms with Gasteiger partial charge in [-0.25, -0.2) is 0 Å².